The molecular weight excluding hydrogens is 305 g/mol. The van der Waals surface area contributed by atoms with Crippen molar-refractivity contribution in [1.29, 1.82) is 0 Å². The molecular formula is C16H14FNO5. The number of halogens is 1. The number of carbonyl (C=O) groups excluding carboxylic acids is 1. The highest BCUT2D eigenvalue weighted by molar-refractivity contribution is 5.89. The van der Waals surface area contributed by atoms with Crippen LogP contribution in [0.5, 0.6) is 5.75 Å². The van der Waals surface area contributed by atoms with Crippen molar-refractivity contribution in [1.82, 2.24) is 0 Å². The summed E-state index contributed by atoms with van der Waals surface area (Å²) < 4.78 is 23.7. The predicted octanol–water partition coefficient (Wildman–Crippen LogP) is 3.28. The second kappa shape index (κ2) is 7.35. The van der Waals surface area contributed by atoms with Crippen molar-refractivity contribution in [3.63, 3.8) is 0 Å². The minimum Gasteiger partial charge on any atom is -0.490 e. The van der Waals surface area contributed by atoms with Gasteiger partial charge in [0.1, 0.15) is 19.0 Å². The van der Waals surface area contributed by atoms with Gasteiger partial charge in [-0.15, -0.1) is 0 Å². The number of rotatable bonds is 6. The van der Waals surface area contributed by atoms with Crippen LogP contribution in [0.15, 0.2) is 42.5 Å². The Morgan fingerprint density at radius 1 is 1.17 bits per heavy atom. The summed E-state index contributed by atoms with van der Waals surface area (Å²) in [6.07, 6.45) is 0. The van der Waals surface area contributed by atoms with E-state index in [4.69, 9.17) is 9.47 Å². The summed E-state index contributed by atoms with van der Waals surface area (Å²) in [5.41, 5.74) is 0.316. The highest BCUT2D eigenvalue weighted by Crippen LogP contribution is 2.18. The number of nitrogens with zero attached hydrogens (tertiary/aromatic N) is 1. The van der Waals surface area contributed by atoms with Gasteiger partial charge in [0.2, 0.25) is 5.82 Å². The number of carbonyl (C=O) groups is 1. The Bertz CT molecular complexity index is 715. The molecule has 23 heavy (non-hydrogen) atoms. The van der Waals surface area contributed by atoms with E-state index in [-0.39, 0.29) is 18.8 Å². The molecule has 0 N–H and O–H groups in total. The molecule has 120 valence electrons. The minimum atomic E-state index is -1.08. The van der Waals surface area contributed by atoms with Crippen LogP contribution in [0.1, 0.15) is 15.9 Å². The zero-order valence-electron chi connectivity index (χ0n) is 12.3. The Labute approximate surface area is 131 Å². The summed E-state index contributed by atoms with van der Waals surface area (Å²) in [6.45, 7) is 2.07. The standard InChI is InChI=1S/C16H14FNO5/c1-11-2-5-13(6-3-11)22-8-9-23-16(19)12-4-7-15(18(20)21)14(17)10-12/h2-7,10H,8-9H2,1H3. The van der Waals surface area contributed by atoms with Gasteiger partial charge >= 0.3 is 11.7 Å². The zero-order chi connectivity index (χ0) is 16.8. The van der Waals surface area contributed by atoms with Gasteiger partial charge in [-0.25, -0.2) is 4.79 Å². The number of esters is 1. The van der Waals surface area contributed by atoms with E-state index in [1.165, 1.54) is 0 Å². The molecule has 0 aliphatic heterocycles. The summed E-state index contributed by atoms with van der Waals surface area (Å²) in [7, 11) is 0. The van der Waals surface area contributed by atoms with Crippen molar-refractivity contribution in [2.45, 2.75) is 6.92 Å². The summed E-state index contributed by atoms with van der Waals surface area (Å²) in [5.74, 6) is -1.21. The van der Waals surface area contributed by atoms with Crippen LogP contribution in [-0.4, -0.2) is 24.1 Å². The van der Waals surface area contributed by atoms with E-state index in [0.717, 1.165) is 23.8 Å². The smallest absolute Gasteiger partial charge is 0.338 e. The first-order valence-corrected chi connectivity index (χ1v) is 6.78. The molecule has 2 aromatic carbocycles. The van der Waals surface area contributed by atoms with Crippen molar-refractivity contribution in [3.8, 4) is 5.75 Å². The van der Waals surface area contributed by atoms with E-state index >= 15 is 0 Å². The Morgan fingerprint density at radius 3 is 2.48 bits per heavy atom. The molecule has 0 heterocycles. The average molecular weight is 319 g/mol. The quantitative estimate of drug-likeness (QED) is 0.353. The fourth-order valence-electron chi connectivity index (χ4n) is 1.79. The SMILES string of the molecule is Cc1ccc(OCCOC(=O)c2ccc([N+](=O)[O-])c(F)c2)cc1. The van der Waals surface area contributed by atoms with Gasteiger partial charge in [0.15, 0.2) is 0 Å². The van der Waals surface area contributed by atoms with E-state index in [1.54, 1.807) is 12.1 Å². The van der Waals surface area contributed by atoms with Crippen LogP contribution >= 0.6 is 0 Å². The monoisotopic (exact) mass is 319 g/mol. The Hall–Kier alpha value is -2.96. The van der Waals surface area contributed by atoms with Crippen molar-refractivity contribution < 1.29 is 23.6 Å². The first-order chi connectivity index (χ1) is 11.0. The number of hydrogen-bond acceptors (Lipinski definition) is 5. The van der Waals surface area contributed by atoms with Gasteiger partial charge in [-0.3, -0.25) is 10.1 Å². The number of nitro groups is 1. The molecule has 0 bridgehead atoms. The van der Waals surface area contributed by atoms with Crippen LogP contribution in [0, 0.1) is 22.9 Å². The number of benzene rings is 2. The van der Waals surface area contributed by atoms with Crippen LogP contribution in [0.25, 0.3) is 0 Å². The third-order valence-electron chi connectivity index (χ3n) is 2.99. The minimum absolute atomic E-state index is 0.0225. The molecule has 0 unspecified atom stereocenters. The lowest BCUT2D eigenvalue weighted by Gasteiger charge is -2.07. The Kier molecular flexibility index (Phi) is 5.24. The molecule has 0 aliphatic carbocycles. The van der Waals surface area contributed by atoms with Gasteiger partial charge in [0.05, 0.1) is 10.5 Å². The van der Waals surface area contributed by atoms with E-state index in [1.807, 2.05) is 19.1 Å². The van der Waals surface area contributed by atoms with Crippen molar-refractivity contribution >= 4 is 11.7 Å². The second-order valence-electron chi connectivity index (χ2n) is 4.72. The maximum Gasteiger partial charge on any atom is 0.338 e. The lowest BCUT2D eigenvalue weighted by molar-refractivity contribution is -0.387. The second-order valence-corrected chi connectivity index (χ2v) is 4.72. The Morgan fingerprint density at radius 2 is 1.87 bits per heavy atom. The molecule has 0 saturated carbocycles. The van der Waals surface area contributed by atoms with Gasteiger partial charge in [0.25, 0.3) is 0 Å². The molecule has 2 aromatic rings. The number of nitro benzene ring substituents is 1. The van der Waals surface area contributed by atoms with Gasteiger partial charge < -0.3 is 9.47 Å². The van der Waals surface area contributed by atoms with Crippen molar-refractivity contribution in [2.75, 3.05) is 13.2 Å². The molecule has 0 aromatic heterocycles. The summed E-state index contributed by atoms with van der Waals surface area (Å²) in [5, 5.41) is 10.5. The summed E-state index contributed by atoms with van der Waals surface area (Å²) in [4.78, 5) is 21.4. The largest absolute Gasteiger partial charge is 0.490 e. The molecule has 0 atom stereocenters. The summed E-state index contributed by atoms with van der Waals surface area (Å²) in [6, 6.07) is 10.2. The zero-order valence-corrected chi connectivity index (χ0v) is 12.3. The summed E-state index contributed by atoms with van der Waals surface area (Å²) >= 11 is 0. The fraction of sp³-hybridized carbons (Fsp3) is 0.188. The van der Waals surface area contributed by atoms with Gasteiger partial charge in [0, 0.05) is 6.07 Å². The number of hydrogen-bond donors (Lipinski definition) is 0. The highest BCUT2D eigenvalue weighted by atomic mass is 19.1. The van der Waals surface area contributed by atoms with Crippen LogP contribution in [-0.2, 0) is 4.74 Å². The first kappa shape index (κ1) is 16.4. The third-order valence-corrected chi connectivity index (χ3v) is 2.99. The van der Waals surface area contributed by atoms with E-state index < -0.39 is 22.4 Å². The molecule has 0 radical (unpaired) electrons. The molecule has 0 spiro atoms. The highest BCUT2D eigenvalue weighted by Gasteiger charge is 2.17. The maximum absolute atomic E-state index is 13.4. The number of ether oxygens (including phenoxy) is 2. The molecule has 7 heteroatoms. The van der Waals surface area contributed by atoms with Crippen LogP contribution in [0.2, 0.25) is 0 Å². The average Bonchev–Trinajstić information content (AvgIpc) is 2.52. The molecule has 2 rings (SSSR count). The molecule has 0 aliphatic rings. The molecule has 0 fully saturated rings. The lowest BCUT2D eigenvalue weighted by Crippen LogP contribution is -2.12. The molecule has 6 nitrogen and oxygen atoms in total. The molecule has 0 amide bonds. The van der Waals surface area contributed by atoms with E-state index in [2.05, 4.69) is 0 Å². The van der Waals surface area contributed by atoms with Crippen LogP contribution < -0.4 is 4.74 Å². The van der Waals surface area contributed by atoms with E-state index in [9.17, 15) is 19.3 Å². The Balaban J connectivity index is 1.84. The third kappa shape index (κ3) is 4.50. The van der Waals surface area contributed by atoms with E-state index in [0.29, 0.717) is 5.75 Å². The fourth-order valence-corrected chi connectivity index (χ4v) is 1.79. The van der Waals surface area contributed by atoms with Gasteiger partial charge in [-0.2, -0.15) is 4.39 Å². The molecule has 0 saturated heterocycles. The topological polar surface area (TPSA) is 78.7 Å². The van der Waals surface area contributed by atoms with Crippen LogP contribution in [0.4, 0.5) is 10.1 Å². The van der Waals surface area contributed by atoms with Gasteiger partial charge in [-0.05, 0) is 31.2 Å². The predicted molar refractivity (Wildman–Crippen MR) is 80.0 cm³/mol. The lowest BCUT2D eigenvalue weighted by atomic mass is 10.2. The van der Waals surface area contributed by atoms with Crippen LogP contribution in [0.3, 0.4) is 0 Å². The first-order valence-electron chi connectivity index (χ1n) is 6.78. The maximum atomic E-state index is 13.4. The number of aryl methyl sites for hydroxylation is 1. The normalized spacial score (nSPS) is 10.2. The van der Waals surface area contributed by atoms with Crippen molar-refractivity contribution in [2.24, 2.45) is 0 Å². The van der Waals surface area contributed by atoms with Crippen molar-refractivity contribution in [3.05, 3.63) is 69.5 Å². The van der Waals surface area contributed by atoms with Gasteiger partial charge in [-0.1, -0.05) is 17.7 Å².